The van der Waals surface area contributed by atoms with Crippen LogP contribution in [0.2, 0.25) is 0 Å². The summed E-state index contributed by atoms with van der Waals surface area (Å²) in [5.41, 5.74) is 4.58. The predicted octanol–water partition coefficient (Wildman–Crippen LogP) is 4.60. The fraction of sp³-hybridized carbons (Fsp3) is 0.619. The fourth-order valence-electron chi connectivity index (χ4n) is 3.81. The van der Waals surface area contributed by atoms with Gasteiger partial charge >= 0.3 is 6.09 Å². The lowest BCUT2D eigenvalue weighted by atomic mass is 9.80. The van der Waals surface area contributed by atoms with Gasteiger partial charge in [-0.3, -0.25) is 0 Å². The normalized spacial score (nSPS) is 20.4. The molecule has 1 saturated heterocycles. The SMILES string of the molecule is CCOC(=O)N1CCC2(CC1)C/C(=C(\C)CC)c1nc(CC)ccc1O2. The second-order valence-electron chi connectivity index (χ2n) is 7.26. The quantitative estimate of drug-likeness (QED) is 0.792. The third-order valence-corrected chi connectivity index (χ3v) is 5.64. The predicted molar refractivity (Wildman–Crippen MR) is 102 cm³/mol. The molecule has 0 radical (unpaired) electrons. The molecule has 0 aliphatic carbocycles. The summed E-state index contributed by atoms with van der Waals surface area (Å²) in [4.78, 5) is 18.7. The number of aryl methyl sites for hydroxylation is 1. The zero-order chi connectivity index (χ0) is 18.7. The van der Waals surface area contributed by atoms with E-state index in [-0.39, 0.29) is 11.7 Å². The maximum atomic E-state index is 12.0. The van der Waals surface area contributed by atoms with Crippen LogP contribution >= 0.6 is 0 Å². The average molecular weight is 358 g/mol. The van der Waals surface area contributed by atoms with Crippen LogP contribution in [0.15, 0.2) is 17.7 Å². The molecule has 0 atom stereocenters. The third kappa shape index (κ3) is 3.57. The number of fused-ring (bicyclic) bond motifs is 1. The van der Waals surface area contributed by atoms with Crippen LogP contribution in [0.1, 0.15) is 64.8 Å². The second kappa shape index (κ2) is 7.68. The van der Waals surface area contributed by atoms with Gasteiger partial charge in [-0.1, -0.05) is 19.4 Å². The molecule has 3 heterocycles. The van der Waals surface area contributed by atoms with E-state index in [0.717, 1.165) is 49.2 Å². The second-order valence-corrected chi connectivity index (χ2v) is 7.26. The van der Waals surface area contributed by atoms with E-state index >= 15 is 0 Å². The largest absolute Gasteiger partial charge is 0.485 e. The van der Waals surface area contributed by atoms with Gasteiger partial charge in [0.15, 0.2) is 0 Å². The number of piperidine rings is 1. The summed E-state index contributed by atoms with van der Waals surface area (Å²) < 4.78 is 11.6. The van der Waals surface area contributed by atoms with Gasteiger partial charge in [-0.2, -0.15) is 0 Å². The first-order valence-corrected chi connectivity index (χ1v) is 9.81. The topological polar surface area (TPSA) is 51.7 Å². The van der Waals surface area contributed by atoms with Crippen molar-refractivity contribution in [3.05, 3.63) is 29.1 Å². The molecule has 1 aromatic heterocycles. The highest BCUT2D eigenvalue weighted by molar-refractivity contribution is 5.73. The number of hydrogen-bond donors (Lipinski definition) is 0. The Kier molecular flexibility index (Phi) is 5.54. The van der Waals surface area contributed by atoms with Crippen molar-refractivity contribution in [3.63, 3.8) is 0 Å². The Bertz CT molecular complexity index is 703. The number of carbonyl (C=O) groups is 1. The van der Waals surface area contributed by atoms with Crippen LogP contribution in [0.25, 0.3) is 5.57 Å². The molecule has 5 nitrogen and oxygen atoms in total. The minimum absolute atomic E-state index is 0.215. The van der Waals surface area contributed by atoms with Crippen LogP contribution in [-0.2, 0) is 11.2 Å². The number of allylic oxidation sites excluding steroid dienone is 1. The summed E-state index contributed by atoms with van der Waals surface area (Å²) in [6, 6.07) is 4.13. The van der Waals surface area contributed by atoms with Gasteiger partial charge in [0.05, 0.1) is 6.61 Å². The molecule has 1 aromatic rings. The standard InChI is InChI=1S/C21H30N2O3/c1-5-15(4)17-14-21(10-12-23(13-11-21)20(24)25-7-3)26-18-9-8-16(6-2)22-19(17)18/h8-9H,5-7,10-14H2,1-4H3/b17-15-. The zero-order valence-electron chi connectivity index (χ0n) is 16.4. The molecule has 0 N–H and O–H groups in total. The number of hydrogen-bond acceptors (Lipinski definition) is 4. The minimum atomic E-state index is -0.239. The highest BCUT2D eigenvalue weighted by atomic mass is 16.6. The van der Waals surface area contributed by atoms with E-state index < -0.39 is 0 Å². The van der Waals surface area contributed by atoms with Gasteiger partial charge in [0.2, 0.25) is 0 Å². The fourth-order valence-corrected chi connectivity index (χ4v) is 3.81. The summed E-state index contributed by atoms with van der Waals surface area (Å²) in [5, 5.41) is 0. The lowest BCUT2D eigenvalue weighted by Crippen LogP contribution is -2.51. The number of nitrogens with zero attached hydrogens (tertiary/aromatic N) is 2. The Morgan fingerprint density at radius 1 is 1.27 bits per heavy atom. The Morgan fingerprint density at radius 2 is 2.00 bits per heavy atom. The Morgan fingerprint density at radius 3 is 2.62 bits per heavy atom. The summed E-state index contributed by atoms with van der Waals surface area (Å²) in [5.74, 6) is 0.890. The van der Waals surface area contributed by atoms with Gasteiger partial charge in [-0.25, -0.2) is 9.78 Å². The smallest absolute Gasteiger partial charge is 0.409 e. The molecule has 0 aromatic carbocycles. The molecule has 0 bridgehead atoms. The van der Waals surface area contributed by atoms with Gasteiger partial charge in [0.1, 0.15) is 17.0 Å². The summed E-state index contributed by atoms with van der Waals surface area (Å²) in [6.45, 7) is 10.1. The lowest BCUT2D eigenvalue weighted by Gasteiger charge is -2.45. The van der Waals surface area contributed by atoms with Gasteiger partial charge in [-0.05, 0) is 44.4 Å². The molecule has 1 spiro atoms. The van der Waals surface area contributed by atoms with Crippen LogP contribution in [-0.4, -0.2) is 41.3 Å². The Balaban J connectivity index is 1.87. The lowest BCUT2D eigenvalue weighted by molar-refractivity contribution is -0.000672. The summed E-state index contributed by atoms with van der Waals surface area (Å²) >= 11 is 0. The molecule has 0 saturated carbocycles. The van der Waals surface area contributed by atoms with E-state index in [2.05, 4.69) is 32.9 Å². The number of amides is 1. The van der Waals surface area contributed by atoms with Crippen molar-refractivity contribution in [2.45, 2.75) is 65.4 Å². The molecule has 142 valence electrons. The van der Waals surface area contributed by atoms with Gasteiger partial charge in [-0.15, -0.1) is 0 Å². The van der Waals surface area contributed by atoms with Crippen molar-refractivity contribution >= 4 is 11.7 Å². The maximum Gasteiger partial charge on any atom is 0.409 e. The van der Waals surface area contributed by atoms with Crippen LogP contribution in [0, 0.1) is 0 Å². The van der Waals surface area contributed by atoms with Gasteiger partial charge in [0.25, 0.3) is 0 Å². The van der Waals surface area contributed by atoms with Gasteiger partial charge < -0.3 is 14.4 Å². The van der Waals surface area contributed by atoms with E-state index in [1.54, 1.807) is 4.90 Å². The van der Waals surface area contributed by atoms with Crippen molar-refractivity contribution in [2.75, 3.05) is 19.7 Å². The Hall–Kier alpha value is -2.04. The number of pyridine rings is 1. The first kappa shape index (κ1) is 18.7. The minimum Gasteiger partial charge on any atom is -0.485 e. The Labute approximate surface area is 156 Å². The molecule has 26 heavy (non-hydrogen) atoms. The molecule has 1 fully saturated rings. The zero-order valence-corrected chi connectivity index (χ0v) is 16.4. The van der Waals surface area contributed by atoms with Crippen LogP contribution in [0.4, 0.5) is 4.79 Å². The first-order chi connectivity index (χ1) is 12.5. The maximum absolute atomic E-state index is 12.0. The van der Waals surface area contributed by atoms with E-state index in [1.165, 1.54) is 11.1 Å². The van der Waals surface area contributed by atoms with Crippen molar-refractivity contribution in [3.8, 4) is 5.75 Å². The molecule has 2 aliphatic heterocycles. The molecule has 1 amide bonds. The molecule has 2 aliphatic rings. The molecular formula is C21H30N2O3. The van der Waals surface area contributed by atoms with Crippen molar-refractivity contribution in [1.82, 2.24) is 9.88 Å². The number of ether oxygens (including phenoxy) is 2. The molecule has 3 rings (SSSR count). The summed E-state index contributed by atoms with van der Waals surface area (Å²) in [6.07, 6.45) is 4.23. The molecule has 0 unspecified atom stereocenters. The van der Waals surface area contributed by atoms with Crippen molar-refractivity contribution < 1.29 is 14.3 Å². The number of aromatic nitrogens is 1. The van der Waals surface area contributed by atoms with E-state index in [1.807, 2.05) is 6.92 Å². The number of carbonyl (C=O) groups excluding carboxylic acids is 1. The third-order valence-electron chi connectivity index (χ3n) is 5.64. The molecule has 5 heteroatoms. The number of likely N-dealkylation sites (tertiary alicyclic amines) is 1. The number of rotatable bonds is 3. The first-order valence-electron chi connectivity index (χ1n) is 9.81. The van der Waals surface area contributed by atoms with Crippen LogP contribution in [0.5, 0.6) is 5.75 Å². The average Bonchev–Trinajstić information content (AvgIpc) is 2.67. The van der Waals surface area contributed by atoms with Crippen molar-refractivity contribution in [2.24, 2.45) is 0 Å². The van der Waals surface area contributed by atoms with E-state index in [4.69, 9.17) is 14.5 Å². The molecular weight excluding hydrogens is 328 g/mol. The van der Waals surface area contributed by atoms with Gasteiger partial charge in [0, 0.05) is 38.0 Å². The highest BCUT2D eigenvalue weighted by Gasteiger charge is 2.43. The van der Waals surface area contributed by atoms with Crippen LogP contribution < -0.4 is 4.74 Å². The highest BCUT2D eigenvalue weighted by Crippen LogP contribution is 2.45. The van der Waals surface area contributed by atoms with Crippen LogP contribution in [0.3, 0.4) is 0 Å². The monoisotopic (exact) mass is 358 g/mol. The summed E-state index contributed by atoms with van der Waals surface area (Å²) in [7, 11) is 0. The van der Waals surface area contributed by atoms with E-state index in [0.29, 0.717) is 19.7 Å². The van der Waals surface area contributed by atoms with Crippen molar-refractivity contribution in [1.29, 1.82) is 0 Å². The van der Waals surface area contributed by atoms with E-state index in [9.17, 15) is 4.79 Å².